The van der Waals surface area contributed by atoms with Crippen LogP contribution in [0.1, 0.15) is 18.1 Å². The Morgan fingerprint density at radius 1 is 1.20 bits per heavy atom. The van der Waals surface area contributed by atoms with Crippen LogP contribution in [-0.4, -0.2) is 41.8 Å². The molecular weight excluding hydrogens is 342 g/mol. The molecule has 0 aliphatic carbocycles. The molecule has 25 heavy (non-hydrogen) atoms. The Balaban J connectivity index is 1.53. The van der Waals surface area contributed by atoms with Crippen LogP contribution in [0.2, 0.25) is 0 Å². The lowest BCUT2D eigenvalue weighted by atomic mass is 10.2. The van der Waals surface area contributed by atoms with Gasteiger partial charge < -0.3 is 18.8 Å². The summed E-state index contributed by atoms with van der Waals surface area (Å²) in [6.45, 7) is 1.84. The number of benzene rings is 1. The van der Waals surface area contributed by atoms with Crippen LogP contribution in [0, 0.1) is 0 Å². The summed E-state index contributed by atoms with van der Waals surface area (Å²) in [6, 6.07) is 12.3. The van der Waals surface area contributed by atoms with E-state index in [2.05, 4.69) is 0 Å². The standard InChI is InChI=1S/C18H19NO5S/c1-13(20)19-15(12-25-17(19)16-8-5-9-23-16)18(21)24-11-10-22-14-6-3-2-4-7-14/h2-9,15,17H,10-12H2,1H3/t15-,17+/m1/s1. The number of hydrogen-bond donors (Lipinski definition) is 0. The number of rotatable bonds is 6. The van der Waals surface area contributed by atoms with Crippen molar-refractivity contribution < 1.29 is 23.5 Å². The second-order valence-corrected chi connectivity index (χ2v) is 6.59. The molecule has 1 aromatic heterocycles. The molecule has 2 atom stereocenters. The first-order valence-electron chi connectivity index (χ1n) is 7.95. The van der Waals surface area contributed by atoms with E-state index < -0.39 is 12.0 Å². The molecule has 6 nitrogen and oxygen atoms in total. The first-order valence-corrected chi connectivity index (χ1v) is 9.00. The topological polar surface area (TPSA) is 69.0 Å². The van der Waals surface area contributed by atoms with Gasteiger partial charge in [-0.1, -0.05) is 18.2 Å². The van der Waals surface area contributed by atoms with E-state index in [1.165, 1.54) is 23.6 Å². The average molecular weight is 361 g/mol. The van der Waals surface area contributed by atoms with E-state index >= 15 is 0 Å². The number of para-hydroxylation sites is 1. The first-order chi connectivity index (χ1) is 12.2. The van der Waals surface area contributed by atoms with E-state index in [-0.39, 0.29) is 24.5 Å². The summed E-state index contributed by atoms with van der Waals surface area (Å²) in [5.74, 6) is 1.24. The van der Waals surface area contributed by atoms with Gasteiger partial charge in [0.1, 0.15) is 36.1 Å². The summed E-state index contributed by atoms with van der Waals surface area (Å²) in [4.78, 5) is 25.9. The maximum atomic E-state index is 12.4. The van der Waals surface area contributed by atoms with Crippen molar-refractivity contribution in [1.82, 2.24) is 4.90 Å². The Morgan fingerprint density at radius 3 is 2.68 bits per heavy atom. The Labute approximate surface area is 150 Å². The van der Waals surface area contributed by atoms with E-state index in [9.17, 15) is 9.59 Å². The Morgan fingerprint density at radius 2 is 2.00 bits per heavy atom. The van der Waals surface area contributed by atoms with Gasteiger partial charge in [0.25, 0.3) is 0 Å². The molecule has 132 valence electrons. The lowest BCUT2D eigenvalue weighted by Crippen LogP contribution is -2.43. The summed E-state index contributed by atoms with van der Waals surface area (Å²) in [5, 5.41) is -0.300. The zero-order valence-electron chi connectivity index (χ0n) is 13.8. The monoisotopic (exact) mass is 361 g/mol. The minimum absolute atomic E-state index is 0.131. The van der Waals surface area contributed by atoms with Crippen LogP contribution in [0.3, 0.4) is 0 Å². The third-order valence-electron chi connectivity index (χ3n) is 3.76. The zero-order chi connectivity index (χ0) is 17.6. The summed E-state index contributed by atoms with van der Waals surface area (Å²) in [6.07, 6.45) is 1.56. The van der Waals surface area contributed by atoms with E-state index in [1.54, 1.807) is 18.4 Å². The van der Waals surface area contributed by atoms with Gasteiger partial charge in [-0.15, -0.1) is 11.8 Å². The fourth-order valence-corrected chi connectivity index (χ4v) is 4.05. The number of furan rings is 1. The normalized spacial score (nSPS) is 19.6. The number of ether oxygens (including phenoxy) is 2. The number of carbonyl (C=O) groups is 2. The zero-order valence-corrected chi connectivity index (χ0v) is 14.6. The second-order valence-electron chi connectivity index (χ2n) is 5.47. The molecule has 1 fully saturated rings. The van der Waals surface area contributed by atoms with Crippen molar-refractivity contribution in [3.8, 4) is 5.75 Å². The van der Waals surface area contributed by atoms with Gasteiger partial charge in [-0.05, 0) is 24.3 Å². The van der Waals surface area contributed by atoms with E-state index in [4.69, 9.17) is 13.9 Å². The molecule has 1 saturated heterocycles. The first kappa shape index (κ1) is 17.4. The Kier molecular flexibility index (Phi) is 5.65. The highest BCUT2D eigenvalue weighted by molar-refractivity contribution is 7.99. The molecule has 1 amide bonds. The lowest BCUT2D eigenvalue weighted by molar-refractivity contribution is -0.154. The highest BCUT2D eigenvalue weighted by Gasteiger charge is 2.43. The summed E-state index contributed by atoms with van der Waals surface area (Å²) in [5.41, 5.74) is 0. The summed E-state index contributed by atoms with van der Waals surface area (Å²) >= 11 is 1.49. The molecule has 0 saturated carbocycles. The average Bonchev–Trinajstić information content (AvgIpc) is 3.28. The SMILES string of the molecule is CC(=O)N1[C@@H](C(=O)OCCOc2ccccc2)CS[C@H]1c1ccco1. The Hall–Kier alpha value is -2.41. The van der Waals surface area contributed by atoms with E-state index in [0.29, 0.717) is 11.5 Å². The van der Waals surface area contributed by atoms with Gasteiger partial charge >= 0.3 is 5.97 Å². The minimum atomic E-state index is -0.616. The lowest BCUT2D eigenvalue weighted by Gasteiger charge is -2.25. The smallest absolute Gasteiger partial charge is 0.329 e. The summed E-state index contributed by atoms with van der Waals surface area (Å²) in [7, 11) is 0. The highest BCUT2D eigenvalue weighted by Crippen LogP contribution is 2.41. The fraction of sp³-hybridized carbons (Fsp3) is 0.333. The van der Waals surface area contributed by atoms with E-state index in [0.717, 1.165) is 5.75 Å². The maximum Gasteiger partial charge on any atom is 0.329 e. The van der Waals surface area contributed by atoms with Crippen LogP contribution in [-0.2, 0) is 14.3 Å². The van der Waals surface area contributed by atoms with Gasteiger partial charge in [0.15, 0.2) is 0 Å². The molecule has 0 radical (unpaired) electrons. The van der Waals surface area contributed by atoms with Gasteiger partial charge in [-0.25, -0.2) is 4.79 Å². The third kappa shape index (κ3) is 4.17. The van der Waals surface area contributed by atoms with E-state index in [1.807, 2.05) is 30.3 Å². The number of nitrogens with zero attached hydrogens (tertiary/aromatic N) is 1. The van der Waals surface area contributed by atoms with Crippen LogP contribution >= 0.6 is 11.8 Å². The predicted octanol–water partition coefficient (Wildman–Crippen LogP) is 2.86. The number of carbonyl (C=O) groups excluding carboxylic acids is 2. The number of amides is 1. The van der Waals surface area contributed by atoms with Gasteiger partial charge in [0.2, 0.25) is 5.91 Å². The maximum absolute atomic E-state index is 12.4. The Bertz CT molecular complexity index is 704. The van der Waals surface area contributed by atoms with Gasteiger partial charge in [-0.2, -0.15) is 0 Å². The molecule has 1 aliphatic rings. The number of hydrogen-bond acceptors (Lipinski definition) is 6. The molecule has 0 N–H and O–H groups in total. The van der Waals surface area contributed by atoms with Crippen molar-refractivity contribution in [2.75, 3.05) is 19.0 Å². The van der Waals surface area contributed by atoms with Gasteiger partial charge in [0, 0.05) is 12.7 Å². The molecule has 1 aromatic carbocycles. The van der Waals surface area contributed by atoms with Crippen LogP contribution in [0.4, 0.5) is 0 Å². The number of thioether (sulfide) groups is 1. The van der Waals surface area contributed by atoms with Crippen molar-refractivity contribution in [3.05, 3.63) is 54.5 Å². The quantitative estimate of drug-likeness (QED) is 0.582. The molecule has 3 rings (SSSR count). The third-order valence-corrected chi connectivity index (χ3v) is 5.05. The molecule has 2 aromatic rings. The van der Waals surface area contributed by atoms with Crippen molar-refractivity contribution in [1.29, 1.82) is 0 Å². The molecule has 7 heteroatoms. The fourth-order valence-electron chi connectivity index (χ4n) is 2.64. The van der Waals surface area contributed by atoms with Crippen LogP contribution in [0.25, 0.3) is 0 Å². The largest absolute Gasteiger partial charge is 0.490 e. The van der Waals surface area contributed by atoms with Crippen LogP contribution < -0.4 is 4.74 Å². The predicted molar refractivity (Wildman–Crippen MR) is 93.1 cm³/mol. The van der Waals surface area contributed by atoms with Crippen LogP contribution in [0.5, 0.6) is 5.75 Å². The van der Waals surface area contributed by atoms with Gasteiger partial charge in [0.05, 0.1) is 6.26 Å². The van der Waals surface area contributed by atoms with Crippen molar-refractivity contribution in [2.24, 2.45) is 0 Å². The molecule has 0 bridgehead atoms. The van der Waals surface area contributed by atoms with Crippen LogP contribution in [0.15, 0.2) is 53.1 Å². The molecule has 0 unspecified atom stereocenters. The summed E-state index contributed by atoms with van der Waals surface area (Å²) < 4.78 is 16.2. The van der Waals surface area contributed by atoms with Crippen molar-refractivity contribution >= 4 is 23.6 Å². The minimum Gasteiger partial charge on any atom is -0.490 e. The van der Waals surface area contributed by atoms with Gasteiger partial charge in [-0.3, -0.25) is 4.79 Å². The highest BCUT2D eigenvalue weighted by atomic mass is 32.2. The molecule has 1 aliphatic heterocycles. The molecule has 2 heterocycles. The van der Waals surface area contributed by atoms with Crippen molar-refractivity contribution in [3.63, 3.8) is 0 Å². The molecular formula is C18H19NO5S. The van der Waals surface area contributed by atoms with Crippen molar-refractivity contribution in [2.45, 2.75) is 18.3 Å². The number of esters is 1. The second kappa shape index (κ2) is 8.11. The molecule has 0 spiro atoms.